The number of anilines is 1. The first kappa shape index (κ1) is 22.4. The van der Waals surface area contributed by atoms with E-state index in [1.807, 2.05) is 37.3 Å². The molecule has 6 nitrogen and oxygen atoms in total. The van der Waals surface area contributed by atoms with Crippen LogP contribution >= 0.6 is 11.8 Å². The van der Waals surface area contributed by atoms with Crippen LogP contribution in [0, 0.1) is 5.92 Å². The van der Waals surface area contributed by atoms with Crippen molar-refractivity contribution in [1.29, 1.82) is 0 Å². The summed E-state index contributed by atoms with van der Waals surface area (Å²) in [5.41, 5.74) is 2.32. The third-order valence-electron chi connectivity index (χ3n) is 5.58. The lowest BCUT2D eigenvalue weighted by Crippen LogP contribution is -2.42. The number of esters is 1. The van der Waals surface area contributed by atoms with Crippen LogP contribution in [-0.4, -0.2) is 35.3 Å². The first-order chi connectivity index (χ1) is 14.5. The Bertz CT molecular complexity index is 829. The molecule has 1 aliphatic heterocycles. The third-order valence-corrected chi connectivity index (χ3v) is 6.86. The van der Waals surface area contributed by atoms with Crippen LogP contribution in [0.4, 0.5) is 11.4 Å². The van der Waals surface area contributed by atoms with Crippen molar-refractivity contribution in [2.24, 2.45) is 10.9 Å². The fourth-order valence-electron chi connectivity index (χ4n) is 3.74. The number of benzene rings is 1. The van der Waals surface area contributed by atoms with Crippen LogP contribution in [0.1, 0.15) is 52.4 Å². The highest BCUT2D eigenvalue weighted by Gasteiger charge is 2.25. The monoisotopic (exact) mass is 429 g/mol. The van der Waals surface area contributed by atoms with Gasteiger partial charge in [0.2, 0.25) is 5.91 Å². The largest absolute Gasteiger partial charge is 0.469 e. The molecule has 1 fully saturated rings. The number of thioether (sulfide) groups is 1. The Morgan fingerprint density at radius 2 is 2.00 bits per heavy atom. The van der Waals surface area contributed by atoms with E-state index in [-0.39, 0.29) is 29.6 Å². The second kappa shape index (κ2) is 10.7. The maximum atomic E-state index is 12.9. The van der Waals surface area contributed by atoms with Crippen LogP contribution in [0.3, 0.4) is 0 Å². The zero-order chi connectivity index (χ0) is 21.5. The van der Waals surface area contributed by atoms with Crippen molar-refractivity contribution in [3.05, 3.63) is 36.0 Å². The van der Waals surface area contributed by atoms with Crippen molar-refractivity contribution in [3.8, 4) is 0 Å². The van der Waals surface area contributed by atoms with Crippen LogP contribution in [-0.2, 0) is 14.3 Å². The molecule has 3 rings (SSSR count). The van der Waals surface area contributed by atoms with Crippen molar-refractivity contribution in [2.45, 2.75) is 63.7 Å². The summed E-state index contributed by atoms with van der Waals surface area (Å²) >= 11 is 1.45. The Morgan fingerprint density at radius 1 is 1.27 bits per heavy atom. The van der Waals surface area contributed by atoms with E-state index in [1.54, 1.807) is 0 Å². The molecular formula is C23H31N3O3S. The lowest BCUT2D eigenvalue weighted by molar-refractivity contribution is -0.139. The molecule has 1 saturated carbocycles. The summed E-state index contributed by atoms with van der Waals surface area (Å²) in [5.74, 6) is 0.493. The quantitative estimate of drug-likeness (QED) is 0.635. The molecule has 0 bridgehead atoms. The predicted molar refractivity (Wildman–Crippen MR) is 123 cm³/mol. The number of nitrogens with one attached hydrogen (secondary N) is 2. The number of carbonyl (C=O) groups is 2. The number of fused-ring (bicyclic) bond motifs is 1. The van der Waals surface area contributed by atoms with Gasteiger partial charge in [-0.2, -0.15) is 0 Å². The standard InChI is InChI=1S/C23H31N3O3S/c1-4-20(23(28)25-16-11-9-15(2)10-12-16)30-21-13-17(14-22(27)29-3)24-18-7-5-6-8-19(18)26-21/h5-8,13,15-16,20,24H,4,9-12,14H2,1-3H3,(H,25,28). The van der Waals surface area contributed by atoms with Gasteiger partial charge in [0.25, 0.3) is 0 Å². The number of methoxy groups -OCH3 is 1. The molecule has 0 aromatic heterocycles. The summed E-state index contributed by atoms with van der Waals surface area (Å²) < 4.78 is 4.82. The van der Waals surface area contributed by atoms with Crippen LogP contribution in [0.15, 0.2) is 41.0 Å². The van der Waals surface area contributed by atoms with Crippen LogP contribution in [0.5, 0.6) is 0 Å². The average Bonchev–Trinajstić information content (AvgIpc) is 2.91. The van der Waals surface area contributed by atoms with E-state index in [9.17, 15) is 9.59 Å². The smallest absolute Gasteiger partial charge is 0.311 e. The van der Waals surface area contributed by atoms with Gasteiger partial charge in [-0.15, -0.1) is 0 Å². The summed E-state index contributed by atoms with van der Waals surface area (Å²) in [6, 6.07) is 7.95. The van der Waals surface area contributed by atoms with E-state index < -0.39 is 0 Å². The van der Waals surface area contributed by atoms with Crippen LogP contribution < -0.4 is 10.6 Å². The maximum Gasteiger partial charge on any atom is 0.311 e. The minimum absolute atomic E-state index is 0.0677. The molecule has 162 valence electrons. The fourth-order valence-corrected chi connectivity index (χ4v) is 4.73. The van der Waals surface area contributed by atoms with Crippen molar-refractivity contribution in [2.75, 3.05) is 12.4 Å². The average molecular weight is 430 g/mol. The number of hydrogen-bond donors (Lipinski definition) is 2. The molecule has 1 atom stereocenters. The topological polar surface area (TPSA) is 79.8 Å². The Labute approximate surface area is 182 Å². The first-order valence-corrected chi connectivity index (χ1v) is 11.6. The van der Waals surface area contributed by atoms with E-state index in [2.05, 4.69) is 17.6 Å². The predicted octanol–water partition coefficient (Wildman–Crippen LogP) is 4.80. The van der Waals surface area contributed by atoms with Gasteiger partial charge in [-0.25, -0.2) is 4.99 Å². The highest BCUT2D eigenvalue weighted by Crippen LogP contribution is 2.32. The van der Waals surface area contributed by atoms with Gasteiger partial charge in [0, 0.05) is 11.7 Å². The zero-order valence-corrected chi connectivity index (χ0v) is 18.8. The molecule has 2 aliphatic rings. The highest BCUT2D eigenvalue weighted by atomic mass is 32.2. The number of aliphatic imine (C=N–C) groups is 1. The fraction of sp³-hybridized carbons (Fsp3) is 0.522. The number of rotatable bonds is 6. The molecule has 2 N–H and O–H groups in total. The molecule has 1 amide bonds. The molecular weight excluding hydrogens is 398 g/mol. The molecule has 1 aromatic carbocycles. The molecule has 1 aliphatic carbocycles. The van der Waals surface area contributed by atoms with Gasteiger partial charge in [-0.05, 0) is 56.2 Å². The van der Waals surface area contributed by atoms with Gasteiger partial charge < -0.3 is 15.4 Å². The molecule has 7 heteroatoms. The summed E-state index contributed by atoms with van der Waals surface area (Å²) in [6.45, 7) is 4.29. The maximum absolute atomic E-state index is 12.9. The summed E-state index contributed by atoms with van der Waals surface area (Å²) in [6.07, 6.45) is 7.11. The molecule has 1 heterocycles. The van der Waals surface area contributed by atoms with Crippen molar-refractivity contribution in [3.63, 3.8) is 0 Å². The summed E-state index contributed by atoms with van der Waals surface area (Å²) in [4.78, 5) is 29.5. The van der Waals surface area contributed by atoms with Gasteiger partial charge in [0.15, 0.2) is 0 Å². The second-order valence-electron chi connectivity index (χ2n) is 7.99. The lowest BCUT2D eigenvalue weighted by Gasteiger charge is -2.28. The minimum atomic E-state index is -0.325. The molecule has 0 spiro atoms. The number of amides is 1. The van der Waals surface area contributed by atoms with Gasteiger partial charge >= 0.3 is 5.97 Å². The molecule has 30 heavy (non-hydrogen) atoms. The van der Waals surface area contributed by atoms with E-state index in [0.717, 1.165) is 30.1 Å². The Hall–Kier alpha value is -2.28. The number of para-hydroxylation sites is 2. The molecule has 0 radical (unpaired) electrons. The van der Waals surface area contributed by atoms with E-state index in [0.29, 0.717) is 17.2 Å². The minimum Gasteiger partial charge on any atom is -0.469 e. The Kier molecular flexibility index (Phi) is 7.96. The number of hydrogen-bond acceptors (Lipinski definition) is 6. The molecule has 1 aromatic rings. The molecule has 1 unspecified atom stereocenters. The van der Waals surface area contributed by atoms with Crippen molar-refractivity contribution < 1.29 is 14.3 Å². The van der Waals surface area contributed by atoms with Crippen molar-refractivity contribution >= 4 is 40.1 Å². The van der Waals surface area contributed by atoms with Gasteiger partial charge in [-0.3, -0.25) is 9.59 Å². The SMILES string of the molecule is CCC(SC1=Nc2ccccc2NC(CC(=O)OC)=C1)C(=O)NC1CCC(C)CC1. The zero-order valence-electron chi connectivity index (χ0n) is 17.9. The Balaban J connectivity index is 1.74. The summed E-state index contributed by atoms with van der Waals surface area (Å²) in [5, 5.41) is 7.00. The number of carbonyl (C=O) groups excluding carboxylic acids is 2. The Morgan fingerprint density at radius 3 is 2.70 bits per heavy atom. The number of ether oxygens (including phenoxy) is 1. The van der Waals surface area contributed by atoms with E-state index in [1.165, 1.54) is 31.7 Å². The van der Waals surface area contributed by atoms with Crippen molar-refractivity contribution in [1.82, 2.24) is 5.32 Å². The third kappa shape index (κ3) is 6.11. The first-order valence-electron chi connectivity index (χ1n) is 10.7. The number of nitrogens with zero attached hydrogens (tertiary/aromatic N) is 1. The van der Waals surface area contributed by atoms with Gasteiger partial charge in [0.05, 0.1) is 35.2 Å². The normalized spacial score (nSPS) is 21.8. The van der Waals surface area contributed by atoms with Crippen LogP contribution in [0.25, 0.3) is 0 Å². The second-order valence-corrected chi connectivity index (χ2v) is 9.22. The lowest BCUT2D eigenvalue weighted by atomic mass is 9.87. The molecule has 0 saturated heterocycles. The van der Waals surface area contributed by atoms with E-state index >= 15 is 0 Å². The van der Waals surface area contributed by atoms with Gasteiger partial charge in [0.1, 0.15) is 0 Å². The summed E-state index contributed by atoms with van der Waals surface area (Å²) in [7, 11) is 1.38. The highest BCUT2D eigenvalue weighted by molar-refractivity contribution is 8.15. The van der Waals surface area contributed by atoms with Crippen LogP contribution in [0.2, 0.25) is 0 Å². The van der Waals surface area contributed by atoms with Gasteiger partial charge in [-0.1, -0.05) is 37.7 Å². The van der Waals surface area contributed by atoms with E-state index in [4.69, 9.17) is 9.73 Å².